The third-order valence-corrected chi connectivity index (χ3v) is 19.9. The summed E-state index contributed by atoms with van der Waals surface area (Å²) in [7, 11) is 0. The van der Waals surface area contributed by atoms with Crippen LogP contribution in [0.15, 0.2) is 0 Å². The molecule has 0 bridgehead atoms. The van der Waals surface area contributed by atoms with Gasteiger partial charge in [-0.25, -0.2) is 0 Å². The van der Waals surface area contributed by atoms with Gasteiger partial charge in [0.2, 0.25) is 88.6 Å². The lowest BCUT2D eigenvalue weighted by atomic mass is 9.97. The standard InChI is InChI=1S/C90H168N16O15/c1-46(2)31-61(91)77(108)94-63(33-48(5)6)79(110)96-65(35-50(9)10)81(112)98-67(37-52(13)14)83(114)100-69(39-54(17)18)85(116)102-71(41-56(21)22)87(118)104-73(43-58(25)26)89(120)106-75(45-60(29)30)90(121)105-74(44-59(27)28)88(119)103-72(42-57(23)24)86(117)101-70(40-55(19)20)84(115)99-68(38-53(15)16)82(113)97-66(36-51(11)12)80(111)95-64(34-49(7)8)78(109)93-62(76(92)107)32-47(3)4/h46-75H,31-45,91H2,1-30H3,(H2,92,107)(H,93,109)(H,94,108)(H,95,111)(H,96,110)(H,97,113)(H,98,112)(H,99,115)(H,100,114)(H,101,117)(H,102,116)(H,103,119)(H,104,118)(H,105,121)(H,106,120)/t61-,62-,63-,64-,65-,66-,67-,68-,69-,70-,71-,72-,73-,74-,75-/m0/s1. The van der Waals surface area contributed by atoms with Gasteiger partial charge in [0.1, 0.15) is 84.6 Å². The lowest BCUT2D eigenvalue weighted by Gasteiger charge is -2.30. The maximum absolute atomic E-state index is 14.8. The van der Waals surface area contributed by atoms with Gasteiger partial charge in [-0.1, -0.05) is 208 Å². The molecule has 15 atom stereocenters. The Bertz CT molecular complexity index is 3210. The zero-order valence-electron chi connectivity index (χ0n) is 79.7. The quantitative estimate of drug-likeness (QED) is 0.0284. The van der Waals surface area contributed by atoms with Crippen LogP contribution in [0.1, 0.15) is 304 Å². The van der Waals surface area contributed by atoms with Crippen molar-refractivity contribution in [3.05, 3.63) is 0 Å². The summed E-state index contributed by atoms with van der Waals surface area (Å²) in [5.41, 5.74) is 11.9. The molecule has 31 nitrogen and oxygen atoms in total. The second-order valence-corrected chi connectivity index (χ2v) is 40.3. The molecule has 0 fully saturated rings. The van der Waals surface area contributed by atoms with E-state index in [4.69, 9.17) is 11.5 Å². The fraction of sp³-hybridized carbons (Fsp3) is 0.833. The van der Waals surface area contributed by atoms with E-state index < -0.39 is 179 Å². The monoisotopic (exact) mass is 1710 g/mol. The van der Waals surface area contributed by atoms with Gasteiger partial charge in [0.25, 0.3) is 0 Å². The summed E-state index contributed by atoms with van der Waals surface area (Å²) in [5.74, 6) is -11.9. The molecule has 0 rings (SSSR count). The molecule has 15 amide bonds. The third kappa shape index (κ3) is 48.0. The third-order valence-electron chi connectivity index (χ3n) is 19.9. The minimum Gasteiger partial charge on any atom is -0.368 e. The highest BCUT2D eigenvalue weighted by atomic mass is 16.2. The Balaban J connectivity index is 7.24. The van der Waals surface area contributed by atoms with E-state index in [2.05, 4.69) is 74.4 Å². The first-order chi connectivity index (χ1) is 55.8. The van der Waals surface area contributed by atoms with Gasteiger partial charge in [0, 0.05) is 0 Å². The summed E-state index contributed by atoms with van der Waals surface area (Å²) in [6.07, 6.45) is 2.40. The van der Waals surface area contributed by atoms with Gasteiger partial charge >= 0.3 is 0 Å². The highest BCUT2D eigenvalue weighted by Gasteiger charge is 2.40. The second-order valence-electron chi connectivity index (χ2n) is 40.3. The van der Waals surface area contributed by atoms with Crippen molar-refractivity contribution in [2.45, 2.75) is 395 Å². The van der Waals surface area contributed by atoms with Crippen LogP contribution in [0.2, 0.25) is 0 Å². The number of amides is 15. The van der Waals surface area contributed by atoms with Crippen molar-refractivity contribution in [3.63, 3.8) is 0 Å². The van der Waals surface area contributed by atoms with Crippen molar-refractivity contribution in [1.82, 2.24) is 74.4 Å². The first kappa shape index (κ1) is 113. The summed E-state index contributed by atoms with van der Waals surface area (Å²) < 4.78 is 0. The normalized spacial score (nSPS) is 15.7. The minimum atomic E-state index is -1.26. The van der Waals surface area contributed by atoms with E-state index in [1.165, 1.54) is 0 Å². The van der Waals surface area contributed by atoms with E-state index in [-0.39, 0.29) is 179 Å². The van der Waals surface area contributed by atoms with Crippen LogP contribution in [0, 0.1) is 88.8 Å². The number of nitrogens with two attached hydrogens (primary N) is 2. The molecule has 0 saturated carbocycles. The van der Waals surface area contributed by atoms with Crippen LogP contribution < -0.4 is 85.9 Å². The van der Waals surface area contributed by atoms with E-state index in [0.717, 1.165) is 0 Å². The van der Waals surface area contributed by atoms with E-state index in [1.807, 2.05) is 208 Å². The molecule has 0 aliphatic heterocycles. The van der Waals surface area contributed by atoms with E-state index in [9.17, 15) is 71.9 Å². The average Bonchev–Trinajstić information content (AvgIpc) is 0.850. The second kappa shape index (κ2) is 56.7. The molecule has 0 radical (unpaired) electrons. The van der Waals surface area contributed by atoms with Crippen molar-refractivity contribution in [1.29, 1.82) is 0 Å². The van der Waals surface area contributed by atoms with Crippen LogP contribution in [0.4, 0.5) is 0 Å². The smallest absolute Gasteiger partial charge is 0.243 e. The first-order valence-electron chi connectivity index (χ1n) is 45.1. The molecule has 0 unspecified atom stereocenters. The van der Waals surface area contributed by atoms with Gasteiger partial charge in [0.05, 0.1) is 6.04 Å². The van der Waals surface area contributed by atoms with Gasteiger partial charge in [-0.05, 0) is 185 Å². The summed E-state index contributed by atoms with van der Waals surface area (Å²) in [4.78, 5) is 215. The zero-order chi connectivity index (χ0) is 93.5. The molecule has 31 heteroatoms. The van der Waals surface area contributed by atoms with Crippen LogP contribution in [-0.4, -0.2) is 179 Å². The van der Waals surface area contributed by atoms with Gasteiger partial charge in [-0.2, -0.15) is 0 Å². The fourth-order valence-corrected chi connectivity index (χ4v) is 14.3. The van der Waals surface area contributed by atoms with Crippen molar-refractivity contribution >= 4 is 88.6 Å². The number of rotatable bonds is 59. The Labute approximate surface area is 726 Å². The molecular weight excluding hydrogens is 1550 g/mol. The number of primary amides is 1. The zero-order valence-corrected chi connectivity index (χ0v) is 79.7. The van der Waals surface area contributed by atoms with Crippen LogP contribution >= 0.6 is 0 Å². The molecule has 0 aromatic heterocycles. The van der Waals surface area contributed by atoms with Crippen molar-refractivity contribution < 1.29 is 71.9 Å². The maximum atomic E-state index is 14.8. The Morgan fingerprint density at radius 1 is 0.149 bits per heavy atom. The fourth-order valence-electron chi connectivity index (χ4n) is 14.3. The van der Waals surface area contributed by atoms with Crippen LogP contribution in [0.5, 0.6) is 0 Å². The van der Waals surface area contributed by atoms with Gasteiger partial charge in [-0.15, -0.1) is 0 Å². The Hall–Kier alpha value is -7.99. The molecule has 0 aliphatic rings. The highest BCUT2D eigenvalue weighted by molar-refractivity contribution is 6.00. The maximum Gasteiger partial charge on any atom is 0.243 e. The summed E-state index contributed by atoms with van der Waals surface area (Å²) in [5, 5.41) is 39.8. The Kier molecular flexibility index (Phi) is 53.0. The van der Waals surface area contributed by atoms with E-state index in [0.29, 0.717) is 6.42 Å². The van der Waals surface area contributed by atoms with E-state index >= 15 is 0 Å². The highest BCUT2D eigenvalue weighted by Crippen LogP contribution is 2.21. The van der Waals surface area contributed by atoms with Crippen molar-refractivity contribution in [2.75, 3.05) is 0 Å². The lowest BCUT2D eigenvalue weighted by Crippen LogP contribution is -2.61. The molecule has 0 saturated heterocycles. The largest absolute Gasteiger partial charge is 0.368 e. The number of hydrogen-bond donors (Lipinski definition) is 16. The molecule has 0 heterocycles. The lowest BCUT2D eigenvalue weighted by molar-refractivity contribution is -0.137. The SMILES string of the molecule is CC(C)C[C@H](NC(=O)[C@H](CC(C)C)NC(=O)[C@H](CC(C)C)NC(=O)[C@H](CC(C)C)NC(=O)[C@H](CC(C)C)NC(=O)[C@H](CC(C)C)NC(=O)[C@H](CC(C)C)NC(=O)[C@H](CC(C)C)NC(=O)[C@H](CC(C)C)NC(=O)[C@H](CC(C)C)NC(=O)[C@H](CC(C)C)NC(=O)[C@H](CC(C)C)NC(=O)[C@H](CC(C)C)NC(=O)[C@H](CC(C)C)NC(=O)[C@@H](N)CC(C)C)C(N)=O. The van der Waals surface area contributed by atoms with Crippen molar-refractivity contribution in [3.8, 4) is 0 Å². The summed E-state index contributed by atoms with van der Waals surface area (Å²) in [6, 6.07) is -17.4. The molecule has 0 spiro atoms. The summed E-state index contributed by atoms with van der Waals surface area (Å²) >= 11 is 0. The van der Waals surface area contributed by atoms with Gasteiger partial charge < -0.3 is 85.9 Å². The summed E-state index contributed by atoms with van der Waals surface area (Å²) in [6.45, 7) is 56.0. The first-order valence-corrected chi connectivity index (χ1v) is 45.1. The van der Waals surface area contributed by atoms with Gasteiger partial charge in [0.15, 0.2) is 0 Å². The minimum absolute atomic E-state index is 0.0182. The predicted molar refractivity (Wildman–Crippen MR) is 476 cm³/mol. The van der Waals surface area contributed by atoms with Crippen molar-refractivity contribution in [2.24, 2.45) is 100 Å². The molecular formula is C90H168N16O15. The van der Waals surface area contributed by atoms with Crippen LogP contribution in [0.25, 0.3) is 0 Å². The molecule has 698 valence electrons. The number of carbonyl (C=O) groups excluding carboxylic acids is 15. The molecule has 0 aliphatic carbocycles. The topological polar surface area (TPSA) is 477 Å². The Morgan fingerprint density at radius 2 is 0.231 bits per heavy atom. The van der Waals surface area contributed by atoms with Crippen LogP contribution in [-0.2, 0) is 71.9 Å². The number of nitrogens with one attached hydrogen (secondary N) is 14. The van der Waals surface area contributed by atoms with Crippen LogP contribution in [0.3, 0.4) is 0 Å². The number of carbonyl (C=O) groups is 15. The molecule has 18 N–H and O–H groups in total. The van der Waals surface area contributed by atoms with Gasteiger partial charge in [-0.3, -0.25) is 71.9 Å². The predicted octanol–water partition coefficient (Wildman–Crippen LogP) is 7.28. The molecule has 0 aromatic rings. The number of hydrogen-bond acceptors (Lipinski definition) is 16. The Morgan fingerprint density at radius 3 is 0.322 bits per heavy atom. The molecule has 0 aromatic carbocycles. The average molecular weight is 1710 g/mol. The molecule has 121 heavy (non-hydrogen) atoms. The van der Waals surface area contributed by atoms with E-state index in [1.54, 1.807) is 0 Å².